The zero-order valence-corrected chi connectivity index (χ0v) is 10.3. The third-order valence-electron chi connectivity index (χ3n) is 2.11. The molecule has 0 aliphatic rings. The molecule has 2 aromatic rings. The Bertz CT molecular complexity index is 413. The lowest BCUT2D eigenvalue weighted by molar-refractivity contribution is 0.734. The molecule has 0 saturated heterocycles. The van der Waals surface area contributed by atoms with Crippen molar-refractivity contribution >= 4 is 27.5 Å². The van der Waals surface area contributed by atoms with Crippen molar-refractivity contribution in [1.82, 2.24) is 9.59 Å². The fourth-order valence-corrected chi connectivity index (χ4v) is 2.08. The molecule has 3 nitrogen and oxygen atoms in total. The molecule has 0 aliphatic heterocycles. The van der Waals surface area contributed by atoms with Gasteiger partial charge in [0, 0.05) is 10.5 Å². The zero-order valence-electron chi connectivity index (χ0n) is 7.93. The second-order valence-corrected chi connectivity index (χ2v) is 4.99. The summed E-state index contributed by atoms with van der Waals surface area (Å²) in [6.45, 7) is 0. The van der Waals surface area contributed by atoms with E-state index in [0.29, 0.717) is 0 Å². The molecule has 5 heteroatoms. The van der Waals surface area contributed by atoms with E-state index in [1.807, 2.05) is 12.1 Å². The van der Waals surface area contributed by atoms with Gasteiger partial charge >= 0.3 is 0 Å². The van der Waals surface area contributed by atoms with Crippen molar-refractivity contribution in [1.29, 1.82) is 0 Å². The number of aromatic nitrogens is 2. The molecule has 0 aliphatic carbocycles. The molecule has 78 valence electrons. The highest BCUT2D eigenvalue weighted by molar-refractivity contribution is 9.10. The molecule has 1 atom stereocenters. The molecule has 0 spiro atoms. The number of rotatable bonds is 3. The van der Waals surface area contributed by atoms with Crippen LogP contribution in [0.2, 0.25) is 0 Å². The van der Waals surface area contributed by atoms with Gasteiger partial charge in [0.1, 0.15) is 0 Å². The Kier molecular flexibility index (Phi) is 3.45. The molecule has 15 heavy (non-hydrogen) atoms. The van der Waals surface area contributed by atoms with E-state index in [9.17, 15) is 0 Å². The van der Waals surface area contributed by atoms with Crippen molar-refractivity contribution in [3.05, 3.63) is 45.4 Å². The van der Waals surface area contributed by atoms with Crippen LogP contribution in [0.25, 0.3) is 0 Å². The van der Waals surface area contributed by atoms with E-state index in [4.69, 9.17) is 5.73 Å². The van der Waals surface area contributed by atoms with Gasteiger partial charge in [-0.3, -0.25) is 0 Å². The number of nitrogens with two attached hydrogens (primary N) is 1. The molecule has 2 N–H and O–H groups in total. The van der Waals surface area contributed by atoms with Gasteiger partial charge in [0.2, 0.25) is 0 Å². The van der Waals surface area contributed by atoms with E-state index in [1.165, 1.54) is 17.1 Å². The number of halogens is 1. The summed E-state index contributed by atoms with van der Waals surface area (Å²) in [6, 6.07) is 8.17. The summed E-state index contributed by atoms with van der Waals surface area (Å²) < 4.78 is 4.89. The summed E-state index contributed by atoms with van der Waals surface area (Å²) >= 11 is 4.76. The highest BCUT2D eigenvalue weighted by atomic mass is 79.9. The maximum atomic E-state index is 6.03. The van der Waals surface area contributed by atoms with Gasteiger partial charge < -0.3 is 5.73 Å². The van der Waals surface area contributed by atoms with Crippen LogP contribution in [0, 0.1) is 0 Å². The maximum absolute atomic E-state index is 6.03. The van der Waals surface area contributed by atoms with Crippen molar-refractivity contribution < 1.29 is 0 Å². The largest absolute Gasteiger partial charge is 0.323 e. The van der Waals surface area contributed by atoms with E-state index in [2.05, 4.69) is 37.6 Å². The lowest BCUT2D eigenvalue weighted by atomic mass is 10.1. The number of hydrogen-bond acceptors (Lipinski definition) is 4. The molecule has 1 unspecified atom stereocenters. The Morgan fingerprint density at radius 1 is 1.33 bits per heavy atom. The monoisotopic (exact) mass is 283 g/mol. The predicted molar refractivity (Wildman–Crippen MR) is 64.7 cm³/mol. The molecule has 0 saturated carbocycles. The molecular formula is C10H10BrN3S. The highest BCUT2D eigenvalue weighted by Gasteiger charge is 2.09. The van der Waals surface area contributed by atoms with Gasteiger partial charge in [-0.1, -0.05) is 32.6 Å². The van der Waals surface area contributed by atoms with Crippen LogP contribution in [0.1, 0.15) is 16.5 Å². The first-order valence-electron chi connectivity index (χ1n) is 4.53. The van der Waals surface area contributed by atoms with Gasteiger partial charge in [-0.05, 0) is 35.6 Å². The normalized spacial score (nSPS) is 12.7. The summed E-state index contributed by atoms with van der Waals surface area (Å²) in [5.74, 6) is 0. The molecule has 0 bridgehead atoms. The van der Waals surface area contributed by atoms with E-state index < -0.39 is 0 Å². The minimum Gasteiger partial charge on any atom is -0.323 e. The smallest absolute Gasteiger partial charge is 0.0669 e. The van der Waals surface area contributed by atoms with E-state index in [-0.39, 0.29) is 6.04 Å². The quantitative estimate of drug-likeness (QED) is 0.942. The van der Waals surface area contributed by atoms with Crippen LogP contribution < -0.4 is 5.73 Å². The van der Waals surface area contributed by atoms with Crippen LogP contribution in [0.5, 0.6) is 0 Å². The van der Waals surface area contributed by atoms with Gasteiger partial charge in [0.05, 0.1) is 11.1 Å². The minimum atomic E-state index is -0.00817. The van der Waals surface area contributed by atoms with Crippen LogP contribution in [-0.2, 0) is 6.42 Å². The first kappa shape index (κ1) is 10.7. The van der Waals surface area contributed by atoms with Crippen molar-refractivity contribution in [3.63, 3.8) is 0 Å². The molecule has 0 fully saturated rings. The van der Waals surface area contributed by atoms with Gasteiger partial charge in [-0.25, -0.2) is 0 Å². The van der Waals surface area contributed by atoms with Crippen LogP contribution >= 0.6 is 27.5 Å². The van der Waals surface area contributed by atoms with Crippen molar-refractivity contribution in [2.75, 3.05) is 0 Å². The van der Waals surface area contributed by atoms with Gasteiger partial charge in [-0.15, -0.1) is 5.10 Å². The predicted octanol–water partition coefficient (Wildman–Crippen LogP) is 2.54. The summed E-state index contributed by atoms with van der Waals surface area (Å²) in [7, 11) is 0. The van der Waals surface area contributed by atoms with E-state index in [1.54, 1.807) is 6.20 Å². The number of nitrogens with zero attached hydrogens (tertiary/aromatic N) is 2. The average Bonchev–Trinajstić information content (AvgIpc) is 2.74. The molecule has 2 rings (SSSR count). The lowest BCUT2D eigenvalue weighted by Gasteiger charge is -2.08. The second-order valence-electron chi connectivity index (χ2n) is 3.26. The summed E-state index contributed by atoms with van der Waals surface area (Å²) in [4.78, 5) is 1.03. The third-order valence-corrected chi connectivity index (χ3v) is 3.44. The molecule has 1 aromatic carbocycles. The molecule has 0 radical (unpaired) electrons. The Hall–Kier alpha value is -0.780. The third kappa shape index (κ3) is 2.84. The van der Waals surface area contributed by atoms with E-state index >= 15 is 0 Å². The average molecular weight is 284 g/mol. The summed E-state index contributed by atoms with van der Waals surface area (Å²) in [5.41, 5.74) is 7.25. The van der Waals surface area contributed by atoms with Gasteiger partial charge in [0.25, 0.3) is 0 Å². The maximum Gasteiger partial charge on any atom is 0.0669 e. The SMILES string of the molecule is NC(Cc1ccc(Br)cc1)c1cnns1. The number of benzene rings is 1. The minimum absolute atomic E-state index is 0.00817. The number of hydrogen-bond donors (Lipinski definition) is 1. The van der Waals surface area contributed by atoms with Crippen molar-refractivity contribution in [2.24, 2.45) is 5.73 Å². The Morgan fingerprint density at radius 3 is 2.67 bits per heavy atom. The molecular weight excluding hydrogens is 274 g/mol. The molecule has 1 heterocycles. The van der Waals surface area contributed by atoms with Gasteiger partial charge in [0.15, 0.2) is 0 Å². The van der Waals surface area contributed by atoms with Crippen LogP contribution in [0.15, 0.2) is 34.9 Å². The van der Waals surface area contributed by atoms with Crippen LogP contribution in [0.4, 0.5) is 0 Å². The van der Waals surface area contributed by atoms with Crippen LogP contribution in [-0.4, -0.2) is 9.59 Å². The van der Waals surface area contributed by atoms with Crippen LogP contribution in [0.3, 0.4) is 0 Å². The lowest BCUT2D eigenvalue weighted by Crippen LogP contribution is -2.11. The highest BCUT2D eigenvalue weighted by Crippen LogP contribution is 2.19. The first-order chi connectivity index (χ1) is 7.25. The Labute approximate surface area is 101 Å². The molecule has 0 amide bonds. The van der Waals surface area contributed by atoms with E-state index in [0.717, 1.165) is 15.8 Å². The topological polar surface area (TPSA) is 51.8 Å². The fourth-order valence-electron chi connectivity index (χ4n) is 1.31. The Morgan fingerprint density at radius 2 is 2.07 bits per heavy atom. The van der Waals surface area contributed by atoms with Crippen molar-refractivity contribution in [3.8, 4) is 0 Å². The Balaban J connectivity index is 2.06. The zero-order chi connectivity index (χ0) is 10.7. The summed E-state index contributed by atoms with van der Waals surface area (Å²) in [6.07, 6.45) is 2.55. The summed E-state index contributed by atoms with van der Waals surface area (Å²) in [5, 5.41) is 3.78. The molecule has 1 aromatic heterocycles. The van der Waals surface area contributed by atoms with Gasteiger partial charge in [-0.2, -0.15) is 0 Å². The fraction of sp³-hybridized carbons (Fsp3) is 0.200. The standard InChI is InChI=1S/C10H10BrN3S/c11-8-3-1-7(2-4-8)5-9(12)10-6-13-14-15-10/h1-4,6,9H,5,12H2. The first-order valence-corrected chi connectivity index (χ1v) is 6.09. The van der Waals surface area contributed by atoms with Crippen molar-refractivity contribution in [2.45, 2.75) is 12.5 Å². The second kappa shape index (κ2) is 4.83.